The number of hydrogen-bond donors (Lipinski definition) is 1. The van der Waals surface area contributed by atoms with E-state index in [1.165, 1.54) is 4.70 Å². The fourth-order valence-corrected chi connectivity index (χ4v) is 3.84. The van der Waals surface area contributed by atoms with Crippen LogP contribution >= 0.6 is 27.3 Å². The molecule has 2 aromatic heterocycles. The van der Waals surface area contributed by atoms with E-state index in [-0.39, 0.29) is 0 Å². The van der Waals surface area contributed by atoms with Gasteiger partial charge in [-0.2, -0.15) is 5.10 Å². The Labute approximate surface area is 135 Å². The van der Waals surface area contributed by atoms with Gasteiger partial charge in [0.1, 0.15) is 6.10 Å². The second-order valence-electron chi connectivity index (χ2n) is 4.68. The lowest BCUT2D eigenvalue weighted by Crippen LogP contribution is -2.13. The molecule has 110 valence electrons. The van der Waals surface area contributed by atoms with Crippen molar-refractivity contribution < 1.29 is 9.84 Å². The smallest absolute Gasteiger partial charge is 0.131 e. The van der Waals surface area contributed by atoms with E-state index in [1.807, 2.05) is 18.2 Å². The number of nitrogens with zero attached hydrogens (tertiary/aromatic N) is 2. The summed E-state index contributed by atoms with van der Waals surface area (Å²) >= 11 is 5.07. The van der Waals surface area contributed by atoms with E-state index in [0.717, 1.165) is 20.4 Å². The van der Waals surface area contributed by atoms with E-state index >= 15 is 0 Å². The van der Waals surface area contributed by atoms with Crippen molar-refractivity contribution in [2.75, 3.05) is 13.7 Å². The quantitative estimate of drug-likeness (QED) is 0.750. The number of aliphatic hydroxyl groups is 1. The molecule has 3 aromatic rings. The van der Waals surface area contributed by atoms with Gasteiger partial charge in [0, 0.05) is 16.7 Å². The van der Waals surface area contributed by atoms with Crippen LogP contribution in [0.4, 0.5) is 0 Å². The largest absolute Gasteiger partial charge is 0.383 e. The highest BCUT2D eigenvalue weighted by atomic mass is 79.9. The zero-order valence-corrected chi connectivity index (χ0v) is 13.9. The molecule has 0 radical (unpaired) electrons. The molecular weight excluding hydrogens is 352 g/mol. The molecule has 1 atom stereocenters. The van der Waals surface area contributed by atoms with E-state index in [2.05, 4.69) is 33.2 Å². The summed E-state index contributed by atoms with van der Waals surface area (Å²) in [6.45, 7) is 1.17. The van der Waals surface area contributed by atoms with Crippen LogP contribution in [0.15, 0.2) is 41.0 Å². The summed E-state index contributed by atoms with van der Waals surface area (Å²) in [4.78, 5) is 0.913. The van der Waals surface area contributed by atoms with Crippen LogP contribution < -0.4 is 0 Å². The van der Waals surface area contributed by atoms with E-state index in [0.29, 0.717) is 13.2 Å². The summed E-state index contributed by atoms with van der Waals surface area (Å²) in [5, 5.41) is 16.2. The molecule has 0 aliphatic rings. The van der Waals surface area contributed by atoms with Gasteiger partial charge in [0.2, 0.25) is 0 Å². The number of aliphatic hydroxyl groups excluding tert-OH is 1. The zero-order chi connectivity index (χ0) is 14.8. The Kier molecular flexibility index (Phi) is 4.40. The van der Waals surface area contributed by atoms with Crippen molar-refractivity contribution >= 4 is 37.4 Å². The normalized spacial score (nSPS) is 12.9. The third-order valence-corrected chi connectivity index (χ3v) is 5.09. The Morgan fingerprint density at radius 2 is 2.24 bits per heavy atom. The molecule has 0 spiro atoms. The highest BCUT2D eigenvalue weighted by Gasteiger charge is 2.21. The molecule has 21 heavy (non-hydrogen) atoms. The van der Waals surface area contributed by atoms with E-state index in [1.54, 1.807) is 29.3 Å². The zero-order valence-electron chi connectivity index (χ0n) is 11.5. The van der Waals surface area contributed by atoms with Gasteiger partial charge in [0.05, 0.1) is 29.5 Å². The Morgan fingerprint density at radius 3 is 3.00 bits per heavy atom. The van der Waals surface area contributed by atoms with Crippen LogP contribution in [0.1, 0.15) is 16.7 Å². The summed E-state index contributed by atoms with van der Waals surface area (Å²) in [6.07, 6.45) is 1.01. The maximum absolute atomic E-state index is 10.7. The lowest BCUT2D eigenvalue weighted by molar-refractivity contribution is 0.172. The van der Waals surface area contributed by atoms with Gasteiger partial charge in [0.25, 0.3) is 0 Å². The van der Waals surface area contributed by atoms with Crippen molar-refractivity contribution in [3.8, 4) is 0 Å². The Morgan fingerprint density at radius 1 is 1.43 bits per heavy atom. The van der Waals surface area contributed by atoms with Crippen LogP contribution in [0.2, 0.25) is 0 Å². The molecule has 6 heteroatoms. The highest BCUT2D eigenvalue weighted by Crippen LogP contribution is 2.35. The molecule has 3 rings (SSSR count). The molecule has 1 N–H and O–H groups in total. The lowest BCUT2D eigenvalue weighted by Gasteiger charge is -2.12. The number of thiophene rings is 1. The third-order valence-electron chi connectivity index (χ3n) is 3.31. The number of fused-ring (bicyclic) bond motifs is 1. The van der Waals surface area contributed by atoms with Crippen molar-refractivity contribution in [2.45, 2.75) is 12.6 Å². The second kappa shape index (κ2) is 6.27. The minimum absolute atomic E-state index is 0.556. The van der Waals surface area contributed by atoms with Crippen LogP contribution in [0.5, 0.6) is 0 Å². The predicted octanol–water partition coefficient (Wildman–Crippen LogP) is 3.59. The van der Waals surface area contributed by atoms with Crippen LogP contribution in [-0.2, 0) is 11.3 Å². The molecule has 0 amide bonds. The first kappa shape index (κ1) is 14.7. The standard InChI is InChI=1S/C15H15BrN2O2S/c1-20-7-6-18-14(11(16)9-17-18)15(19)13-8-10-4-2-3-5-12(10)21-13/h2-5,8-9,15,19H,6-7H2,1H3. The minimum Gasteiger partial charge on any atom is -0.383 e. The van der Waals surface area contributed by atoms with E-state index < -0.39 is 6.10 Å². The monoisotopic (exact) mass is 366 g/mol. The van der Waals surface area contributed by atoms with Gasteiger partial charge < -0.3 is 9.84 Å². The Bertz CT molecular complexity index is 720. The van der Waals surface area contributed by atoms with Gasteiger partial charge in [-0.1, -0.05) is 18.2 Å². The van der Waals surface area contributed by atoms with E-state index in [4.69, 9.17) is 4.74 Å². The predicted molar refractivity (Wildman–Crippen MR) is 87.7 cm³/mol. The SMILES string of the molecule is COCCn1ncc(Br)c1C(O)c1cc2ccccc2s1. The number of ether oxygens (including phenoxy) is 1. The number of halogens is 1. The first-order chi connectivity index (χ1) is 10.2. The third kappa shape index (κ3) is 2.89. The summed E-state index contributed by atoms with van der Waals surface area (Å²) in [6, 6.07) is 10.2. The van der Waals surface area contributed by atoms with Crippen molar-refractivity contribution in [3.63, 3.8) is 0 Å². The molecule has 0 aliphatic carbocycles. The molecule has 4 nitrogen and oxygen atoms in total. The Hall–Kier alpha value is -1.21. The summed E-state index contributed by atoms with van der Waals surface area (Å²) < 4.78 is 8.85. The van der Waals surface area contributed by atoms with Crippen molar-refractivity contribution in [3.05, 3.63) is 51.6 Å². The first-order valence-corrected chi connectivity index (χ1v) is 8.18. The van der Waals surface area contributed by atoms with Gasteiger partial charge in [0.15, 0.2) is 0 Å². The van der Waals surface area contributed by atoms with E-state index in [9.17, 15) is 5.11 Å². The molecule has 0 saturated heterocycles. The van der Waals surface area contributed by atoms with Crippen molar-refractivity contribution in [1.82, 2.24) is 9.78 Å². The molecule has 0 fully saturated rings. The fraction of sp³-hybridized carbons (Fsp3) is 0.267. The van der Waals surface area contributed by atoms with Gasteiger partial charge in [-0.3, -0.25) is 4.68 Å². The molecule has 0 bridgehead atoms. The maximum Gasteiger partial charge on any atom is 0.131 e. The first-order valence-electron chi connectivity index (χ1n) is 6.57. The molecule has 0 saturated carbocycles. The minimum atomic E-state index is -0.698. The average Bonchev–Trinajstić information content (AvgIpc) is 3.08. The van der Waals surface area contributed by atoms with Crippen LogP contribution in [0, 0.1) is 0 Å². The summed E-state index contributed by atoms with van der Waals surface area (Å²) in [5.74, 6) is 0. The topological polar surface area (TPSA) is 47.3 Å². The molecular formula is C15H15BrN2O2S. The fourth-order valence-electron chi connectivity index (χ4n) is 2.27. The summed E-state index contributed by atoms with van der Waals surface area (Å²) in [5.41, 5.74) is 0.763. The second-order valence-corrected chi connectivity index (χ2v) is 6.65. The average molecular weight is 367 g/mol. The van der Waals surface area contributed by atoms with Gasteiger partial charge in [-0.05, 0) is 33.4 Å². The van der Waals surface area contributed by atoms with Crippen LogP contribution in [0.3, 0.4) is 0 Å². The molecule has 1 unspecified atom stereocenters. The summed E-state index contributed by atoms with van der Waals surface area (Å²) in [7, 11) is 1.65. The Balaban J connectivity index is 1.97. The number of benzene rings is 1. The van der Waals surface area contributed by atoms with Gasteiger partial charge in [-0.15, -0.1) is 11.3 Å². The van der Waals surface area contributed by atoms with Crippen molar-refractivity contribution in [1.29, 1.82) is 0 Å². The molecule has 1 aromatic carbocycles. The maximum atomic E-state index is 10.7. The van der Waals surface area contributed by atoms with Gasteiger partial charge >= 0.3 is 0 Å². The molecule has 0 aliphatic heterocycles. The van der Waals surface area contributed by atoms with Crippen molar-refractivity contribution in [2.24, 2.45) is 0 Å². The van der Waals surface area contributed by atoms with Gasteiger partial charge in [-0.25, -0.2) is 0 Å². The molecule has 2 heterocycles. The number of hydrogen-bond acceptors (Lipinski definition) is 4. The number of rotatable bonds is 5. The number of methoxy groups -OCH3 is 1. The van der Waals surface area contributed by atoms with Crippen LogP contribution in [0.25, 0.3) is 10.1 Å². The van der Waals surface area contributed by atoms with Crippen LogP contribution in [-0.4, -0.2) is 28.6 Å². The number of aromatic nitrogens is 2. The lowest BCUT2D eigenvalue weighted by atomic mass is 10.2. The highest BCUT2D eigenvalue weighted by molar-refractivity contribution is 9.10.